The predicted octanol–water partition coefficient (Wildman–Crippen LogP) is 3.46. The zero-order valence-corrected chi connectivity index (χ0v) is 13.7. The van der Waals surface area contributed by atoms with Crippen molar-refractivity contribution >= 4 is 11.7 Å². The Balaban J connectivity index is 1.66. The number of aromatic nitrogens is 2. The summed E-state index contributed by atoms with van der Waals surface area (Å²) in [7, 11) is 0. The summed E-state index contributed by atoms with van der Waals surface area (Å²) in [6, 6.07) is 8.72. The standard InChI is InChI=1S/C18H18N4O3/c1-2-25-16-6-4-3-5-14(16)22-18(23)21-11-15-17(20-9-8-19-15)13-7-10-24-12-13/h3-10,12H,2,11H2,1H3,(H2,21,22,23). The normalized spacial score (nSPS) is 10.3. The molecule has 0 saturated carbocycles. The highest BCUT2D eigenvalue weighted by Crippen LogP contribution is 2.23. The lowest BCUT2D eigenvalue weighted by Gasteiger charge is -2.12. The quantitative estimate of drug-likeness (QED) is 0.718. The highest BCUT2D eigenvalue weighted by Gasteiger charge is 2.11. The molecule has 0 aliphatic rings. The molecule has 128 valence electrons. The third-order valence-corrected chi connectivity index (χ3v) is 3.42. The molecule has 0 spiro atoms. The van der Waals surface area contributed by atoms with E-state index in [0.29, 0.717) is 29.4 Å². The Morgan fingerprint density at radius 3 is 2.84 bits per heavy atom. The van der Waals surface area contributed by atoms with E-state index in [0.717, 1.165) is 5.56 Å². The second-order valence-electron chi connectivity index (χ2n) is 5.10. The van der Waals surface area contributed by atoms with E-state index in [9.17, 15) is 4.79 Å². The number of carbonyl (C=O) groups is 1. The van der Waals surface area contributed by atoms with Gasteiger partial charge in [0.25, 0.3) is 0 Å². The molecule has 3 rings (SSSR count). The first-order valence-electron chi connectivity index (χ1n) is 7.87. The van der Waals surface area contributed by atoms with Crippen LogP contribution >= 0.6 is 0 Å². The van der Waals surface area contributed by atoms with Crippen LogP contribution in [0.15, 0.2) is 59.7 Å². The van der Waals surface area contributed by atoms with Crippen molar-refractivity contribution in [2.24, 2.45) is 0 Å². The van der Waals surface area contributed by atoms with E-state index in [-0.39, 0.29) is 12.6 Å². The van der Waals surface area contributed by atoms with Gasteiger partial charge in [-0.25, -0.2) is 4.79 Å². The second-order valence-corrected chi connectivity index (χ2v) is 5.10. The first-order valence-corrected chi connectivity index (χ1v) is 7.87. The van der Waals surface area contributed by atoms with Gasteiger partial charge in [0.1, 0.15) is 5.75 Å². The monoisotopic (exact) mass is 338 g/mol. The van der Waals surface area contributed by atoms with Crippen LogP contribution in [0.25, 0.3) is 11.3 Å². The molecule has 25 heavy (non-hydrogen) atoms. The van der Waals surface area contributed by atoms with E-state index in [2.05, 4.69) is 20.6 Å². The molecule has 2 amide bonds. The van der Waals surface area contributed by atoms with E-state index in [1.165, 1.54) is 0 Å². The van der Waals surface area contributed by atoms with Crippen LogP contribution in [0, 0.1) is 0 Å². The van der Waals surface area contributed by atoms with Crippen LogP contribution in [0.5, 0.6) is 5.75 Å². The van der Waals surface area contributed by atoms with Gasteiger partial charge in [0.15, 0.2) is 0 Å². The second kappa shape index (κ2) is 7.96. The van der Waals surface area contributed by atoms with Crippen LogP contribution in [0.1, 0.15) is 12.6 Å². The van der Waals surface area contributed by atoms with Crippen LogP contribution < -0.4 is 15.4 Å². The molecule has 2 heterocycles. The topological polar surface area (TPSA) is 89.3 Å². The van der Waals surface area contributed by atoms with Crippen molar-refractivity contribution in [1.29, 1.82) is 0 Å². The average Bonchev–Trinajstić information content (AvgIpc) is 3.17. The number of para-hydroxylation sites is 2. The van der Waals surface area contributed by atoms with Gasteiger partial charge < -0.3 is 19.8 Å². The third-order valence-electron chi connectivity index (χ3n) is 3.42. The molecule has 0 atom stereocenters. The number of benzene rings is 1. The van der Waals surface area contributed by atoms with E-state index >= 15 is 0 Å². The molecule has 0 radical (unpaired) electrons. The lowest BCUT2D eigenvalue weighted by molar-refractivity contribution is 0.251. The molecule has 0 bridgehead atoms. The maximum atomic E-state index is 12.2. The molecule has 3 aromatic rings. The number of nitrogens with zero attached hydrogens (tertiary/aromatic N) is 2. The van der Waals surface area contributed by atoms with Crippen LogP contribution in [-0.4, -0.2) is 22.6 Å². The zero-order chi connectivity index (χ0) is 17.5. The van der Waals surface area contributed by atoms with Gasteiger partial charge >= 0.3 is 6.03 Å². The van der Waals surface area contributed by atoms with Gasteiger partial charge in [0, 0.05) is 18.0 Å². The number of anilines is 1. The maximum absolute atomic E-state index is 12.2. The fraction of sp³-hybridized carbons (Fsp3) is 0.167. The fourth-order valence-corrected chi connectivity index (χ4v) is 2.32. The van der Waals surface area contributed by atoms with Gasteiger partial charge in [0.2, 0.25) is 0 Å². The Bertz CT molecular complexity index is 834. The van der Waals surface area contributed by atoms with Crippen LogP contribution in [0.2, 0.25) is 0 Å². The minimum Gasteiger partial charge on any atom is -0.492 e. The number of ether oxygens (including phenoxy) is 1. The van der Waals surface area contributed by atoms with Crippen LogP contribution in [0.4, 0.5) is 10.5 Å². The number of rotatable bonds is 6. The number of carbonyl (C=O) groups excluding carboxylic acids is 1. The molecular formula is C18H18N4O3. The minimum atomic E-state index is -0.351. The molecule has 0 fully saturated rings. The zero-order valence-electron chi connectivity index (χ0n) is 13.7. The molecule has 2 N–H and O–H groups in total. The van der Waals surface area contributed by atoms with Gasteiger partial charge in [-0.05, 0) is 25.1 Å². The van der Waals surface area contributed by atoms with Gasteiger partial charge in [0.05, 0.1) is 42.8 Å². The van der Waals surface area contributed by atoms with Crippen molar-refractivity contribution in [1.82, 2.24) is 15.3 Å². The number of amides is 2. The summed E-state index contributed by atoms with van der Waals surface area (Å²) in [5.41, 5.74) is 2.74. The highest BCUT2D eigenvalue weighted by atomic mass is 16.5. The van der Waals surface area contributed by atoms with E-state index in [1.807, 2.05) is 19.1 Å². The van der Waals surface area contributed by atoms with E-state index < -0.39 is 0 Å². The molecule has 0 aliphatic carbocycles. The Hall–Kier alpha value is -3.35. The Kier molecular flexibility index (Phi) is 5.26. The fourth-order valence-electron chi connectivity index (χ4n) is 2.32. The van der Waals surface area contributed by atoms with Crippen molar-refractivity contribution in [3.8, 4) is 17.0 Å². The first kappa shape index (κ1) is 16.5. The highest BCUT2D eigenvalue weighted by molar-refractivity contribution is 5.90. The van der Waals surface area contributed by atoms with Gasteiger partial charge in [-0.1, -0.05) is 12.1 Å². The lowest BCUT2D eigenvalue weighted by atomic mass is 10.2. The maximum Gasteiger partial charge on any atom is 0.319 e. The molecule has 2 aromatic heterocycles. The van der Waals surface area contributed by atoms with Crippen LogP contribution in [-0.2, 0) is 6.54 Å². The number of hydrogen-bond acceptors (Lipinski definition) is 5. The molecule has 0 unspecified atom stereocenters. The summed E-state index contributed by atoms with van der Waals surface area (Å²) in [4.78, 5) is 20.8. The summed E-state index contributed by atoms with van der Waals surface area (Å²) < 4.78 is 10.6. The van der Waals surface area contributed by atoms with E-state index in [4.69, 9.17) is 9.15 Å². The Labute approximate surface area is 145 Å². The third kappa shape index (κ3) is 4.14. The molecule has 0 saturated heterocycles. The summed E-state index contributed by atoms with van der Waals surface area (Å²) in [5, 5.41) is 5.56. The summed E-state index contributed by atoms with van der Waals surface area (Å²) >= 11 is 0. The molecule has 0 aliphatic heterocycles. The van der Waals surface area contributed by atoms with Crippen molar-refractivity contribution in [3.05, 3.63) is 60.9 Å². The predicted molar refractivity (Wildman–Crippen MR) is 93.2 cm³/mol. The summed E-state index contributed by atoms with van der Waals surface area (Å²) in [5.74, 6) is 0.624. The van der Waals surface area contributed by atoms with Gasteiger partial charge in [-0.15, -0.1) is 0 Å². The van der Waals surface area contributed by atoms with Crippen molar-refractivity contribution in [2.75, 3.05) is 11.9 Å². The number of nitrogens with one attached hydrogen (secondary N) is 2. The van der Waals surface area contributed by atoms with Crippen molar-refractivity contribution in [3.63, 3.8) is 0 Å². The van der Waals surface area contributed by atoms with Crippen molar-refractivity contribution in [2.45, 2.75) is 13.5 Å². The Morgan fingerprint density at radius 1 is 1.20 bits per heavy atom. The average molecular weight is 338 g/mol. The number of urea groups is 1. The van der Waals surface area contributed by atoms with E-state index in [1.54, 1.807) is 43.1 Å². The summed E-state index contributed by atoms with van der Waals surface area (Å²) in [6.45, 7) is 2.65. The molecular weight excluding hydrogens is 320 g/mol. The number of furan rings is 1. The minimum absolute atomic E-state index is 0.233. The molecule has 7 heteroatoms. The van der Waals surface area contributed by atoms with Gasteiger partial charge in [-0.2, -0.15) is 0 Å². The first-order chi connectivity index (χ1) is 12.3. The smallest absolute Gasteiger partial charge is 0.319 e. The van der Waals surface area contributed by atoms with Crippen molar-refractivity contribution < 1.29 is 13.9 Å². The van der Waals surface area contributed by atoms with Gasteiger partial charge in [-0.3, -0.25) is 9.97 Å². The Morgan fingerprint density at radius 2 is 2.04 bits per heavy atom. The largest absolute Gasteiger partial charge is 0.492 e. The SMILES string of the molecule is CCOc1ccccc1NC(=O)NCc1nccnc1-c1ccoc1. The molecule has 7 nitrogen and oxygen atoms in total. The summed E-state index contributed by atoms with van der Waals surface area (Å²) in [6.07, 6.45) is 6.34. The van der Waals surface area contributed by atoms with Crippen LogP contribution in [0.3, 0.4) is 0 Å². The number of hydrogen-bond donors (Lipinski definition) is 2. The molecule has 1 aromatic carbocycles. The lowest BCUT2D eigenvalue weighted by Crippen LogP contribution is -2.29.